The quantitative estimate of drug-likeness (QED) is 0.206. The smallest absolute Gasteiger partial charge is 0.297 e. The van der Waals surface area contributed by atoms with E-state index in [1.807, 2.05) is 0 Å². The Morgan fingerprint density at radius 2 is 1.84 bits per heavy atom. The summed E-state index contributed by atoms with van der Waals surface area (Å²) >= 11 is 1.20. The Morgan fingerprint density at radius 1 is 1.06 bits per heavy atom. The molecular weight excluding hydrogens is 431 g/mol. The number of ketones is 1. The molecule has 1 N–H and O–H groups in total. The molecule has 0 aliphatic heterocycles. The first kappa shape index (κ1) is 21.3. The van der Waals surface area contributed by atoms with E-state index in [0.717, 1.165) is 5.56 Å². The van der Waals surface area contributed by atoms with Crippen LogP contribution in [0.3, 0.4) is 0 Å². The van der Waals surface area contributed by atoms with E-state index in [4.69, 9.17) is 4.74 Å². The molecule has 1 heterocycles. The molecule has 0 aliphatic rings. The fourth-order valence-electron chi connectivity index (χ4n) is 3.23. The van der Waals surface area contributed by atoms with Crippen LogP contribution in [0.1, 0.15) is 26.4 Å². The number of hydrogen-bond donors (Lipinski definition) is 1. The van der Waals surface area contributed by atoms with Crippen molar-refractivity contribution >= 4 is 39.8 Å². The van der Waals surface area contributed by atoms with E-state index < -0.39 is 5.82 Å². The van der Waals surface area contributed by atoms with Gasteiger partial charge in [0.05, 0.1) is 6.26 Å². The zero-order valence-electron chi connectivity index (χ0n) is 16.9. The molecule has 0 unspecified atom stereocenters. The molecule has 3 aromatic carbocycles. The number of carbonyl (C=O) groups is 2. The van der Waals surface area contributed by atoms with Gasteiger partial charge in [-0.3, -0.25) is 9.59 Å². The van der Waals surface area contributed by atoms with Crippen LogP contribution in [-0.2, 0) is 9.53 Å². The van der Waals surface area contributed by atoms with Crippen LogP contribution in [0.15, 0.2) is 66.9 Å². The van der Waals surface area contributed by atoms with E-state index in [0.29, 0.717) is 44.1 Å². The van der Waals surface area contributed by atoms with Crippen molar-refractivity contribution in [1.82, 2.24) is 0 Å². The number of carbonyl (C=O) groups excluding carboxylic acids is 2. The Hall–Kier alpha value is -3.97. The van der Waals surface area contributed by atoms with Crippen molar-refractivity contribution in [3.63, 3.8) is 0 Å². The molecule has 0 atom stereocenters. The van der Waals surface area contributed by atoms with Gasteiger partial charge in [-0.2, -0.15) is 0 Å². The molecule has 0 radical (unpaired) electrons. The van der Waals surface area contributed by atoms with Crippen LogP contribution in [-0.4, -0.2) is 17.4 Å². The zero-order valence-corrected chi connectivity index (χ0v) is 17.7. The summed E-state index contributed by atoms with van der Waals surface area (Å²) in [5, 5.41) is 10.6. The first-order valence-corrected chi connectivity index (χ1v) is 10.4. The maximum atomic E-state index is 13.5. The highest BCUT2D eigenvalue weighted by atomic mass is 32.1. The number of hydrogen-bond acceptors (Lipinski definition) is 6. The lowest BCUT2D eigenvalue weighted by atomic mass is 10.0. The van der Waals surface area contributed by atoms with Crippen LogP contribution in [0.2, 0.25) is 0 Å². The summed E-state index contributed by atoms with van der Waals surface area (Å²) in [4.78, 5) is 23.9. The normalized spacial score (nSPS) is 11.1. The summed E-state index contributed by atoms with van der Waals surface area (Å²) in [5.41, 5.74) is 1.69. The third-order valence-corrected chi connectivity index (χ3v) is 5.89. The minimum absolute atomic E-state index is 0.0796. The van der Waals surface area contributed by atoms with Crippen LogP contribution in [0.4, 0.5) is 4.39 Å². The molecule has 1 aromatic heterocycles. The Kier molecular flexibility index (Phi) is 6.00. The molecule has 0 spiro atoms. The van der Waals surface area contributed by atoms with Crippen LogP contribution in [0.25, 0.3) is 16.2 Å². The largest absolute Gasteiger partial charge is 0.508 e. The van der Waals surface area contributed by atoms with Gasteiger partial charge in [-0.1, -0.05) is 12.1 Å². The lowest BCUT2D eigenvalue weighted by molar-refractivity contribution is -0.123. The fourth-order valence-corrected chi connectivity index (χ4v) is 4.35. The number of aromatic hydroxyl groups is 1. The predicted molar refractivity (Wildman–Crippen MR) is 121 cm³/mol. The van der Waals surface area contributed by atoms with E-state index in [1.165, 1.54) is 41.9 Å². The molecule has 32 heavy (non-hydrogen) atoms. The number of aryl methyl sites for hydroxylation is 1. The van der Waals surface area contributed by atoms with Gasteiger partial charge in [-0.15, -0.1) is 11.3 Å². The molecule has 0 saturated carbocycles. The van der Waals surface area contributed by atoms with E-state index in [1.54, 1.807) is 49.4 Å². The summed E-state index contributed by atoms with van der Waals surface area (Å²) in [5.74, 6) is 0.242. The van der Waals surface area contributed by atoms with Gasteiger partial charge in [-0.25, -0.2) is 4.39 Å². The number of ether oxygens (including phenoxy) is 2. The summed E-state index contributed by atoms with van der Waals surface area (Å²) in [6.07, 6.45) is 2.89. The second-order valence-corrected chi connectivity index (χ2v) is 7.99. The van der Waals surface area contributed by atoms with Gasteiger partial charge < -0.3 is 14.6 Å². The van der Waals surface area contributed by atoms with Crippen LogP contribution in [0.5, 0.6) is 17.2 Å². The Morgan fingerprint density at radius 3 is 2.56 bits per heavy atom. The zero-order chi connectivity index (χ0) is 22.7. The minimum atomic E-state index is -0.413. The average Bonchev–Trinajstić information content (AvgIpc) is 3.12. The standard InChI is InChI=1S/C25H17FO5S/c1-15-12-17(26)4-8-20(15)23(29)25-24(21-9-5-18(28)13-22(21)32-25)31-19-6-2-16(3-7-19)10-11-30-14-27/h2-14,28H,1H3/b11-10+. The maximum absolute atomic E-state index is 13.5. The van der Waals surface area contributed by atoms with Gasteiger partial charge in [0.2, 0.25) is 5.78 Å². The van der Waals surface area contributed by atoms with Gasteiger partial charge in [0.25, 0.3) is 6.47 Å². The van der Waals surface area contributed by atoms with Gasteiger partial charge in [0, 0.05) is 15.6 Å². The van der Waals surface area contributed by atoms with E-state index in [-0.39, 0.29) is 11.5 Å². The molecule has 160 valence electrons. The van der Waals surface area contributed by atoms with Gasteiger partial charge in [-0.05, 0) is 72.7 Å². The number of halogens is 1. The summed E-state index contributed by atoms with van der Waals surface area (Å²) in [6.45, 7) is 2.01. The summed E-state index contributed by atoms with van der Waals surface area (Å²) in [6, 6.07) is 15.8. The molecule has 4 aromatic rings. The third-order valence-electron chi connectivity index (χ3n) is 4.76. The average molecular weight is 448 g/mol. The number of rotatable bonds is 7. The minimum Gasteiger partial charge on any atom is -0.508 e. The molecule has 5 nitrogen and oxygen atoms in total. The van der Waals surface area contributed by atoms with Crippen molar-refractivity contribution in [1.29, 1.82) is 0 Å². The number of benzene rings is 3. The lowest BCUT2D eigenvalue weighted by Crippen LogP contribution is -2.03. The van der Waals surface area contributed by atoms with Crippen LogP contribution < -0.4 is 4.74 Å². The third kappa shape index (κ3) is 4.38. The molecule has 0 saturated heterocycles. The summed E-state index contributed by atoms with van der Waals surface area (Å²) < 4.78 is 24.9. The maximum Gasteiger partial charge on any atom is 0.297 e. The number of phenolic OH excluding ortho intramolecular Hbond substituents is 1. The SMILES string of the molecule is Cc1cc(F)ccc1C(=O)c1sc2cc(O)ccc2c1Oc1ccc(/C=C/OC=O)cc1. The monoisotopic (exact) mass is 448 g/mol. The van der Waals surface area contributed by atoms with Crippen molar-refractivity contribution < 1.29 is 28.6 Å². The van der Waals surface area contributed by atoms with Crippen molar-refractivity contribution in [3.05, 3.63) is 94.3 Å². The molecule has 0 amide bonds. The fraction of sp³-hybridized carbons (Fsp3) is 0.0400. The van der Waals surface area contributed by atoms with Gasteiger partial charge in [0.15, 0.2) is 5.75 Å². The van der Waals surface area contributed by atoms with Crippen molar-refractivity contribution in [3.8, 4) is 17.2 Å². The van der Waals surface area contributed by atoms with Gasteiger partial charge >= 0.3 is 0 Å². The summed E-state index contributed by atoms with van der Waals surface area (Å²) in [7, 11) is 0. The molecule has 0 fully saturated rings. The van der Waals surface area contributed by atoms with Crippen molar-refractivity contribution in [2.75, 3.05) is 0 Å². The number of fused-ring (bicyclic) bond motifs is 1. The van der Waals surface area contributed by atoms with Gasteiger partial charge in [0.1, 0.15) is 22.2 Å². The second-order valence-electron chi connectivity index (χ2n) is 6.94. The van der Waals surface area contributed by atoms with E-state index in [2.05, 4.69) is 4.74 Å². The van der Waals surface area contributed by atoms with E-state index >= 15 is 0 Å². The van der Waals surface area contributed by atoms with Crippen molar-refractivity contribution in [2.45, 2.75) is 6.92 Å². The number of phenols is 1. The van der Waals surface area contributed by atoms with Crippen LogP contribution >= 0.6 is 11.3 Å². The number of thiophene rings is 1. The topological polar surface area (TPSA) is 72.8 Å². The predicted octanol–water partition coefficient (Wildman–Crippen LogP) is 6.22. The first-order valence-electron chi connectivity index (χ1n) is 9.56. The van der Waals surface area contributed by atoms with Crippen molar-refractivity contribution in [2.24, 2.45) is 0 Å². The van der Waals surface area contributed by atoms with E-state index in [9.17, 15) is 19.1 Å². The highest BCUT2D eigenvalue weighted by molar-refractivity contribution is 7.21. The molecule has 0 bridgehead atoms. The highest BCUT2D eigenvalue weighted by Gasteiger charge is 2.23. The Bertz CT molecular complexity index is 1340. The Labute approximate surface area is 187 Å². The Balaban J connectivity index is 1.74. The van der Waals surface area contributed by atoms with Crippen LogP contribution in [0, 0.1) is 12.7 Å². The highest BCUT2D eigenvalue weighted by Crippen LogP contribution is 2.43. The first-order chi connectivity index (χ1) is 15.5. The lowest BCUT2D eigenvalue weighted by Gasteiger charge is -2.09. The second kappa shape index (κ2) is 9.03. The molecule has 0 aliphatic carbocycles. The molecular formula is C25H17FO5S. The molecule has 7 heteroatoms. The molecule has 4 rings (SSSR count).